The van der Waals surface area contributed by atoms with Crippen molar-refractivity contribution in [1.29, 1.82) is 0 Å². The fraction of sp³-hybridized carbons (Fsp3) is 0.300. The molecule has 0 fully saturated rings. The average Bonchev–Trinajstić information content (AvgIpc) is 3.25. The van der Waals surface area contributed by atoms with Crippen LogP contribution in [-0.4, -0.2) is 48.9 Å². The van der Waals surface area contributed by atoms with Crippen LogP contribution < -0.4 is 10.6 Å². The molecule has 0 bridgehead atoms. The topological polar surface area (TPSA) is 114 Å². The number of alkyl carbamates (subject to hydrolysis) is 1. The van der Waals surface area contributed by atoms with Crippen LogP contribution in [0.25, 0.3) is 11.1 Å². The number of ether oxygens (including phenoxy) is 2. The Labute approximate surface area is 222 Å². The number of nitrogens with one attached hydrogen (secondary N) is 2. The Morgan fingerprint density at radius 2 is 1.47 bits per heavy atom. The Morgan fingerprint density at radius 3 is 2.13 bits per heavy atom. The number of amides is 2. The second kappa shape index (κ2) is 13.4. The summed E-state index contributed by atoms with van der Waals surface area (Å²) in [7, 11) is 0. The molecule has 0 spiro atoms. The van der Waals surface area contributed by atoms with Crippen LogP contribution in [-0.2, 0) is 25.7 Å². The number of benzene rings is 3. The van der Waals surface area contributed by atoms with E-state index >= 15 is 0 Å². The lowest BCUT2D eigenvalue weighted by atomic mass is 9.98. The quantitative estimate of drug-likeness (QED) is 0.289. The Hall–Kier alpha value is -4.17. The van der Waals surface area contributed by atoms with Gasteiger partial charge >= 0.3 is 12.1 Å². The lowest BCUT2D eigenvalue weighted by Gasteiger charge is -2.18. The highest BCUT2D eigenvalue weighted by Crippen LogP contribution is 2.44. The van der Waals surface area contributed by atoms with E-state index in [9.17, 15) is 19.5 Å². The maximum Gasteiger partial charge on any atom is 0.407 e. The predicted octanol–water partition coefficient (Wildman–Crippen LogP) is 4.48. The summed E-state index contributed by atoms with van der Waals surface area (Å²) in [5, 5.41) is 14.4. The number of carbonyl (C=O) groups is 3. The van der Waals surface area contributed by atoms with Gasteiger partial charge in [0.1, 0.15) is 12.6 Å². The second-order valence-corrected chi connectivity index (χ2v) is 9.16. The van der Waals surface area contributed by atoms with E-state index in [0.717, 1.165) is 34.2 Å². The molecule has 3 aromatic rings. The first-order valence-electron chi connectivity index (χ1n) is 12.8. The molecule has 1 aliphatic rings. The van der Waals surface area contributed by atoms with Crippen LogP contribution in [0.4, 0.5) is 4.79 Å². The van der Waals surface area contributed by atoms with Gasteiger partial charge in [0.15, 0.2) is 0 Å². The zero-order chi connectivity index (χ0) is 26.7. The van der Waals surface area contributed by atoms with Crippen molar-refractivity contribution in [2.75, 3.05) is 19.8 Å². The number of rotatable bonds is 13. The Bertz CT molecular complexity index is 1200. The van der Waals surface area contributed by atoms with Crippen LogP contribution in [0.1, 0.15) is 41.9 Å². The minimum atomic E-state index is -1.24. The van der Waals surface area contributed by atoms with Crippen LogP contribution in [0.2, 0.25) is 0 Å². The molecule has 3 N–H and O–H groups in total. The fourth-order valence-corrected chi connectivity index (χ4v) is 4.59. The Morgan fingerprint density at radius 1 is 0.842 bits per heavy atom. The SMILES string of the molecule is O=C(O)CC(NC(=O)OCC1c2ccccc2-c2ccccc21)C(=O)NCCCCOCc1ccccc1. The van der Waals surface area contributed by atoms with Gasteiger partial charge in [0.2, 0.25) is 5.91 Å². The smallest absolute Gasteiger partial charge is 0.407 e. The van der Waals surface area contributed by atoms with Gasteiger partial charge < -0.3 is 25.2 Å². The third-order valence-electron chi connectivity index (χ3n) is 6.46. The summed E-state index contributed by atoms with van der Waals surface area (Å²) in [6.07, 6.45) is 0.0143. The Balaban J connectivity index is 1.22. The lowest BCUT2D eigenvalue weighted by Crippen LogP contribution is -2.48. The third-order valence-corrected chi connectivity index (χ3v) is 6.46. The van der Waals surface area contributed by atoms with Gasteiger partial charge in [-0.1, -0.05) is 78.9 Å². The van der Waals surface area contributed by atoms with Gasteiger partial charge in [0.25, 0.3) is 0 Å². The summed E-state index contributed by atoms with van der Waals surface area (Å²) in [6, 6.07) is 24.5. The molecule has 0 heterocycles. The van der Waals surface area contributed by atoms with Crippen LogP contribution in [0, 0.1) is 0 Å². The summed E-state index contributed by atoms with van der Waals surface area (Å²) in [6.45, 7) is 1.49. The monoisotopic (exact) mass is 516 g/mol. The zero-order valence-electron chi connectivity index (χ0n) is 21.1. The maximum atomic E-state index is 12.6. The van der Waals surface area contributed by atoms with E-state index in [1.165, 1.54) is 0 Å². The highest BCUT2D eigenvalue weighted by Gasteiger charge is 2.30. The summed E-state index contributed by atoms with van der Waals surface area (Å²) in [5.74, 6) is -1.89. The van der Waals surface area contributed by atoms with E-state index in [1.54, 1.807) is 0 Å². The van der Waals surface area contributed by atoms with Crippen LogP contribution in [0.5, 0.6) is 0 Å². The largest absolute Gasteiger partial charge is 0.481 e. The molecule has 0 radical (unpaired) electrons. The molecule has 1 unspecified atom stereocenters. The maximum absolute atomic E-state index is 12.6. The van der Waals surface area contributed by atoms with Gasteiger partial charge in [-0.05, 0) is 40.7 Å². The van der Waals surface area contributed by atoms with E-state index in [0.29, 0.717) is 26.2 Å². The van der Waals surface area contributed by atoms with E-state index < -0.39 is 30.4 Å². The van der Waals surface area contributed by atoms with E-state index in [1.807, 2.05) is 78.9 Å². The highest BCUT2D eigenvalue weighted by atomic mass is 16.5. The minimum Gasteiger partial charge on any atom is -0.481 e. The van der Waals surface area contributed by atoms with Crippen molar-refractivity contribution < 1.29 is 29.0 Å². The zero-order valence-corrected chi connectivity index (χ0v) is 21.1. The van der Waals surface area contributed by atoms with Crippen molar-refractivity contribution in [2.45, 2.75) is 37.8 Å². The van der Waals surface area contributed by atoms with Crippen molar-refractivity contribution in [2.24, 2.45) is 0 Å². The van der Waals surface area contributed by atoms with Crippen LogP contribution in [0.3, 0.4) is 0 Å². The molecule has 38 heavy (non-hydrogen) atoms. The minimum absolute atomic E-state index is 0.0737. The van der Waals surface area contributed by atoms with Gasteiger partial charge in [-0.15, -0.1) is 0 Å². The van der Waals surface area contributed by atoms with Crippen molar-refractivity contribution >= 4 is 18.0 Å². The molecule has 1 aliphatic carbocycles. The standard InChI is InChI=1S/C30H32N2O6/c33-28(34)18-27(29(35)31-16-8-9-17-37-19-21-10-2-1-3-11-21)32-30(36)38-20-26-24-14-6-4-12-22(24)23-13-5-7-15-25(23)26/h1-7,10-15,26-27H,8-9,16-20H2,(H,31,35)(H,32,36)(H,33,34). The van der Waals surface area contributed by atoms with Gasteiger partial charge in [0.05, 0.1) is 13.0 Å². The molecule has 0 aliphatic heterocycles. The number of carbonyl (C=O) groups excluding carboxylic acids is 2. The molecule has 0 aromatic heterocycles. The first-order chi connectivity index (χ1) is 18.5. The molecule has 0 saturated carbocycles. The van der Waals surface area contributed by atoms with E-state index in [-0.39, 0.29) is 12.5 Å². The number of carboxylic acids is 1. The molecular weight excluding hydrogens is 484 g/mol. The molecule has 1 atom stereocenters. The molecule has 4 rings (SSSR count). The molecule has 2 amide bonds. The molecule has 8 heteroatoms. The van der Waals surface area contributed by atoms with E-state index in [4.69, 9.17) is 9.47 Å². The van der Waals surface area contributed by atoms with Crippen molar-refractivity contribution in [3.63, 3.8) is 0 Å². The molecule has 198 valence electrons. The van der Waals surface area contributed by atoms with Gasteiger partial charge in [-0.2, -0.15) is 0 Å². The van der Waals surface area contributed by atoms with E-state index in [2.05, 4.69) is 10.6 Å². The number of carboxylic acid groups (broad SMARTS) is 1. The highest BCUT2D eigenvalue weighted by molar-refractivity contribution is 5.89. The first kappa shape index (κ1) is 26.9. The summed E-state index contributed by atoms with van der Waals surface area (Å²) in [4.78, 5) is 36.5. The number of fused-ring (bicyclic) bond motifs is 3. The van der Waals surface area contributed by atoms with Crippen LogP contribution >= 0.6 is 0 Å². The lowest BCUT2D eigenvalue weighted by molar-refractivity contribution is -0.139. The fourth-order valence-electron chi connectivity index (χ4n) is 4.59. The first-order valence-corrected chi connectivity index (χ1v) is 12.8. The Kier molecular flexibility index (Phi) is 9.48. The van der Waals surface area contributed by atoms with Gasteiger partial charge in [-0.3, -0.25) is 9.59 Å². The van der Waals surface area contributed by atoms with Crippen molar-refractivity contribution in [3.05, 3.63) is 95.6 Å². The summed E-state index contributed by atoms with van der Waals surface area (Å²) >= 11 is 0. The third kappa shape index (κ3) is 7.20. The molecular formula is C30H32N2O6. The number of unbranched alkanes of at least 4 members (excludes halogenated alkanes) is 1. The van der Waals surface area contributed by atoms with Crippen molar-refractivity contribution in [3.8, 4) is 11.1 Å². The van der Waals surface area contributed by atoms with Gasteiger partial charge in [-0.25, -0.2) is 4.79 Å². The number of hydrogen-bond acceptors (Lipinski definition) is 5. The van der Waals surface area contributed by atoms with Gasteiger partial charge in [0, 0.05) is 19.1 Å². The molecule has 0 saturated heterocycles. The molecule has 3 aromatic carbocycles. The summed E-state index contributed by atoms with van der Waals surface area (Å²) in [5.41, 5.74) is 5.43. The second-order valence-electron chi connectivity index (χ2n) is 9.16. The van der Waals surface area contributed by atoms with Crippen molar-refractivity contribution in [1.82, 2.24) is 10.6 Å². The van der Waals surface area contributed by atoms with Crippen LogP contribution in [0.15, 0.2) is 78.9 Å². The number of hydrogen-bond donors (Lipinski definition) is 3. The summed E-state index contributed by atoms with van der Waals surface area (Å²) < 4.78 is 11.1. The molecule has 8 nitrogen and oxygen atoms in total. The predicted molar refractivity (Wildman–Crippen MR) is 143 cm³/mol. The number of aliphatic carboxylic acids is 1. The normalized spacial score (nSPS) is 12.7. The average molecular weight is 517 g/mol.